The number of nitrogens with zero attached hydrogens (tertiary/aromatic N) is 2. The number of amides is 3. The van der Waals surface area contributed by atoms with Crippen molar-refractivity contribution >= 4 is 17.6 Å². The summed E-state index contributed by atoms with van der Waals surface area (Å²) in [6.07, 6.45) is 0. The van der Waals surface area contributed by atoms with E-state index in [1.807, 2.05) is 48.5 Å². The smallest absolute Gasteiger partial charge is 0.322 e. The van der Waals surface area contributed by atoms with E-state index < -0.39 is 6.04 Å². The van der Waals surface area contributed by atoms with E-state index >= 15 is 0 Å². The van der Waals surface area contributed by atoms with Gasteiger partial charge in [0.25, 0.3) is 5.91 Å². The molecule has 144 valence electrons. The van der Waals surface area contributed by atoms with Crippen LogP contribution in [0.3, 0.4) is 0 Å². The molecule has 7 nitrogen and oxygen atoms in total. The van der Waals surface area contributed by atoms with Crippen molar-refractivity contribution in [3.8, 4) is 11.5 Å². The Morgan fingerprint density at radius 3 is 2.07 bits per heavy atom. The Morgan fingerprint density at radius 2 is 1.50 bits per heavy atom. The standard InChI is InChI=1S/C21H21N3O4/c1-23-17-12-24(14-6-10-16(28-3)11-7-14)20(25)18(17)19(22-21(23)26)13-4-8-15(27-2)9-5-13/h4-11,19H,12H2,1-3H3,(H,22,26). The van der Waals surface area contributed by atoms with Crippen molar-refractivity contribution in [1.29, 1.82) is 0 Å². The number of likely N-dealkylation sites (N-methyl/N-ethyl adjacent to an activating group) is 1. The lowest BCUT2D eigenvalue weighted by molar-refractivity contribution is -0.114. The summed E-state index contributed by atoms with van der Waals surface area (Å²) in [7, 11) is 4.88. The molecule has 4 rings (SSSR count). The van der Waals surface area contributed by atoms with Crippen LogP contribution in [0, 0.1) is 0 Å². The number of carbonyl (C=O) groups excluding carboxylic acids is 2. The summed E-state index contributed by atoms with van der Waals surface area (Å²) in [5.41, 5.74) is 2.89. The number of methoxy groups -OCH3 is 2. The molecule has 1 atom stereocenters. The van der Waals surface area contributed by atoms with Crippen LogP contribution in [0.4, 0.5) is 10.5 Å². The molecule has 0 spiro atoms. The van der Waals surface area contributed by atoms with E-state index in [0.29, 0.717) is 17.8 Å². The van der Waals surface area contributed by atoms with Gasteiger partial charge in [-0.1, -0.05) is 12.1 Å². The van der Waals surface area contributed by atoms with E-state index in [0.717, 1.165) is 22.7 Å². The van der Waals surface area contributed by atoms with E-state index in [1.165, 1.54) is 4.90 Å². The molecule has 1 unspecified atom stereocenters. The van der Waals surface area contributed by atoms with E-state index in [-0.39, 0.29) is 11.9 Å². The average molecular weight is 379 g/mol. The van der Waals surface area contributed by atoms with Crippen LogP contribution >= 0.6 is 0 Å². The fraction of sp³-hybridized carbons (Fsp3) is 0.238. The number of ether oxygens (including phenoxy) is 2. The zero-order chi connectivity index (χ0) is 19.8. The van der Waals surface area contributed by atoms with Gasteiger partial charge in [0.15, 0.2) is 0 Å². The Morgan fingerprint density at radius 1 is 0.929 bits per heavy atom. The Balaban J connectivity index is 1.70. The number of nitrogens with one attached hydrogen (secondary N) is 1. The molecule has 3 amide bonds. The van der Waals surface area contributed by atoms with Gasteiger partial charge < -0.3 is 19.7 Å². The highest BCUT2D eigenvalue weighted by molar-refractivity contribution is 6.11. The van der Waals surface area contributed by atoms with Gasteiger partial charge in [-0.05, 0) is 42.0 Å². The molecule has 28 heavy (non-hydrogen) atoms. The van der Waals surface area contributed by atoms with Crippen molar-refractivity contribution in [3.05, 3.63) is 65.4 Å². The minimum atomic E-state index is -0.500. The molecule has 0 bridgehead atoms. The second-order valence-electron chi connectivity index (χ2n) is 6.66. The molecule has 0 saturated carbocycles. The highest BCUT2D eigenvalue weighted by Gasteiger charge is 2.43. The maximum absolute atomic E-state index is 13.3. The first-order valence-corrected chi connectivity index (χ1v) is 8.90. The average Bonchev–Trinajstić information content (AvgIpc) is 3.08. The number of anilines is 1. The lowest BCUT2D eigenvalue weighted by atomic mass is 9.95. The molecule has 0 aromatic heterocycles. The van der Waals surface area contributed by atoms with Gasteiger partial charge >= 0.3 is 6.03 Å². The highest BCUT2D eigenvalue weighted by atomic mass is 16.5. The van der Waals surface area contributed by atoms with Gasteiger partial charge in [0, 0.05) is 12.7 Å². The Hall–Kier alpha value is -3.48. The second-order valence-corrected chi connectivity index (χ2v) is 6.66. The van der Waals surface area contributed by atoms with E-state index in [1.54, 1.807) is 26.2 Å². The predicted molar refractivity (Wildman–Crippen MR) is 104 cm³/mol. The molecular formula is C21H21N3O4. The zero-order valence-corrected chi connectivity index (χ0v) is 15.9. The van der Waals surface area contributed by atoms with Crippen LogP contribution in [0.5, 0.6) is 11.5 Å². The first kappa shape index (κ1) is 17.9. The van der Waals surface area contributed by atoms with Gasteiger partial charge in [0.2, 0.25) is 0 Å². The van der Waals surface area contributed by atoms with Crippen LogP contribution in [0.15, 0.2) is 59.8 Å². The summed E-state index contributed by atoms with van der Waals surface area (Å²) >= 11 is 0. The summed E-state index contributed by atoms with van der Waals surface area (Å²) in [6.45, 7) is 0.344. The summed E-state index contributed by atoms with van der Waals surface area (Å²) in [5, 5.41) is 2.93. The largest absolute Gasteiger partial charge is 0.497 e. The third kappa shape index (κ3) is 2.85. The summed E-state index contributed by atoms with van der Waals surface area (Å²) in [6, 6.07) is 13.9. The molecule has 0 fully saturated rings. The van der Waals surface area contributed by atoms with Crippen LogP contribution in [-0.2, 0) is 4.79 Å². The maximum Gasteiger partial charge on any atom is 0.322 e. The van der Waals surface area contributed by atoms with Crippen molar-refractivity contribution in [2.75, 3.05) is 32.7 Å². The summed E-state index contributed by atoms with van der Waals surface area (Å²) < 4.78 is 10.4. The number of hydrogen-bond acceptors (Lipinski definition) is 4. The van der Waals surface area contributed by atoms with Crippen LogP contribution in [0.25, 0.3) is 0 Å². The molecule has 0 saturated heterocycles. The quantitative estimate of drug-likeness (QED) is 0.887. The molecule has 1 N–H and O–H groups in total. The first-order chi connectivity index (χ1) is 13.5. The highest BCUT2D eigenvalue weighted by Crippen LogP contribution is 2.38. The summed E-state index contributed by atoms with van der Waals surface area (Å²) in [4.78, 5) is 29.0. The van der Waals surface area contributed by atoms with Gasteiger partial charge in [-0.15, -0.1) is 0 Å². The Bertz CT molecular complexity index is 951. The molecule has 2 aliphatic rings. The SMILES string of the molecule is COc1ccc(C2NC(=O)N(C)C3=C2C(=O)N(c2ccc(OC)cc2)C3)cc1. The number of urea groups is 1. The van der Waals surface area contributed by atoms with Crippen molar-refractivity contribution < 1.29 is 19.1 Å². The molecule has 0 radical (unpaired) electrons. The van der Waals surface area contributed by atoms with Gasteiger partial charge in [0.1, 0.15) is 11.5 Å². The number of hydrogen-bond donors (Lipinski definition) is 1. The minimum Gasteiger partial charge on any atom is -0.497 e. The van der Waals surface area contributed by atoms with Crippen LogP contribution in [0.1, 0.15) is 11.6 Å². The number of rotatable bonds is 4. The van der Waals surface area contributed by atoms with Crippen LogP contribution in [-0.4, -0.2) is 44.7 Å². The predicted octanol–water partition coefficient (Wildman–Crippen LogP) is 2.70. The van der Waals surface area contributed by atoms with E-state index in [4.69, 9.17) is 9.47 Å². The van der Waals surface area contributed by atoms with Gasteiger partial charge in [-0.3, -0.25) is 9.69 Å². The third-order valence-electron chi connectivity index (χ3n) is 5.19. The third-order valence-corrected chi connectivity index (χ3v) is 5.19. The molecular weight excluding hydrogens is 358 g/mol. The monoisotopic (exact) mass is 379 g/mol. The molecule has 2 aromatic rings. The van der Waals surface area contributed by atoms with Crippen molar-refractivity contribution in [1.82, 2.24) is 10.2 Å². The van der Waals surface area contributed by atoms with E-state index in [9.17, 15) is 9.59 Å². The van der Waals surface area contributed by atoms with Gasteiger partial charge in [-0.25, -0.2) is 4.79 Å². The Labute approximate surface area is 163 Å². The Kier molecular flexibility index (Phi) is 4.43. The zero-order valence-electron chi connectivity index (χ0n) is 15.9. The topological polar surface area (TPSA) is 71.1 Å². The number of carbonyl (C=O) groups is 2. The lowest BCUT2D eigenvalue weighted by Crippen LogP contribution is -2.45. The summed E-state index contributed by atoms with van der Waals surface area (Å²) in [5.74, 6) is 1.32. The van der Waals surface area contributed by atoms with Crippen molar-refractivity contribution in [2.24, 2.45) is 0 Å². The molecule has 7 heteroatoms. The minimum absolute atomic E-state index is 0.118. The maximum atomic E-state index is 13.3. The number of benzene rings is 2. The van der Waals surface area contributed by atoms with Crippen LogP contribution < -0.4 is 19.7 Å². The second kappa shape index (κ2) is 6.92. The van der Waals surface area contributed by atoms with Crippen molar-refractivity contribution in [2.45, 2.75) is 6.04 Å². The molecule has 2 aromatic carbocycles. The molecule has 2 heterocycles. The van der Waals surface area contributed by atoms with Crippen LogP contribution in [0.2, 0.25) is 0 Å². The van der Waals surface area contributed by atoms with Gasteiger partial charge in [0.05, 0.1) is 38.1 Å². The lowest BCUT2D eigenvalue weighted by Gasteiger charge is -2.31. The first-order valence-electron chi connectivity index (χ1n) is 8.90. The van der Waals surface area contributed by atoms with Gasteiger partial charge in [-0.2, -0.15) is 0 Å². The molecule has 2 aliphatic heterocycles. The fourth-order valence-corrected chi connectivity index (χ4v) is 3.58. The normalized spacial score (nSPS) is 18.9. The molecule has 0 aliphatic carbocycles. The fourth-order valence-electron chi connectivity index (χ4n) is 3.58. The van der Waals surface area contributed by atoms with Crippen molar-refractivity contribution in [3.63, 3.8) is 0 Å². The van der Waals surface area contributed by atoms with E-state index in [2.05, 4.69) is 5.32 Å².